The van der Waals surface area contributed by atoms with Crippen LogP contribution in [0.2, 0.25) is 5.02 Å². The third-order valence-electron chi connectivity index (χ3n) is 3.13. The molecule has 7 nitrogen and oxygen atoms in total. The Morgan fingerprint density at radius 1 is 1.17 bits per heavy atom. The van der Waals surface area contributed by atoms with E-state index in [9.17, 15) is 19.7 Å². The van der Waals surface area contributed by atoms with Crippen molar-refractivity contribution in [3.05, 3.63) is 68.2 Å². The molecule has 0 atom stereocenters. The van der Waals surface area contributed by atoms with E-state index >= 15 is 0 Å². The van der Waals surface area contributed by atoms with E-state index in [1.807, 2.05) is 0 Å². The maximum Gasteiger partial charge on any atom is 0.335 e. The first kappa shape index (κ1) is 16.4. The molecule has 2 N–H and O–H groups in total. The monoisotopic (exact) mass is 334 g/mol. The van der Waals surface area contributed by atoms with Crippen LogP contribution in [0.4, 0.5) is 11.4 Å². The molecule has 0 saturated carbocycles. The summed E-state index contributed by atoms with van der Waals surface area (Å²) in [6, 6.07) is 7.91. The molecule has 0 aliphatic heterocycles. The van der Waals surface area contributed by atoms with Gasteiger partial charge in [-0.15, -0.1) is 0 Å². The zero-order valence-corrected chi connectivity index (χ0v) is 12.6. The molecule has 8 heteroatoms. The molecular weight excluding hydrogens is 324 g/mol. The molecular formula is C15H11ClN2O5. The van der Waals surface area contributed by atoms with Crippen molar-refractivity contribution in [3.63, 3.8) is 0 Å². The van der Waals surface area contributed by atoms with Gasteiger partial charge in [0.2, 0.25) is 0 Å². The minimum Gasteiger partial charge on any atom is -0.478 e. The van der Waals surface area contributed by atoms with E-state index in [2.05, 4.69) is 5.32 Å². The van der Waals surface area contributed by atoms with Crippen molar-refractivity contribution in [1.29, 1.82) is 0 Å². The third-order valence-corrected chi connectivity index (χ3v) is 3.46. The van der Waals surface area contributed by atoms with E-state index in [1.54, 1.807) is 6.92 Å². The molecule has 23 heavy (non-hydrogen) atoms. The molecule has 0 fully saturated rings. The van der Waals surface area contributed by atoms with Crippen LogP contribution in [0.3, 0.4) is 0 Å². The molecule has 2 aromatic rings. The molecule has 0 saturated heterocycles. The average Bonchev–Trinajstić information content (AvgIpc) is 2.49. The lowest BCUT2D eigenvalue weighted by Crippen LogP contribution is -2.13. The van der Waals surface area contributed by atoms with Crippen molar-refractivity contribution in [2.45, 2.75) is 6.92 Å². The first-order valence-electron chi connectivity index (χ1n) is 6.39. The number of nitro groups is 1. The Kier molecular flexibility index (Phi) is 4.61. The van der Waals surface area contributed by atoms with Crippen molar-refractivity contribution in [2.24, 2.45) is 0 Å². The van der Waals surface area contributed by atoms with Crippen molar-refractivity contribution in [1.82, 2.24) is 0 Å². The molecule has 1 amide bonds. The minimum absolute atomic E-state index is 0.0420. The Balaban J connectivity index is 2.33. The summed E-state index contributed by atoms with van der Waals surface area (Å²) in [7, 11) is 0. The highest BCUT2D eigenvalue weighted by Gasteiger charge is 2.16. The van der Waals surface area contributed by atoms with Gasteiger partial charge in [-0.05, 0) is 31.2 Å². The van der Waals surface area contributed by atoms with Gasteiger partial charge in [0.15, 0.2) is 0 Å². The summed E-state index contributed by atoms with van der Waals surface area (Å²) < 4.78 is 0. The maximum atomic E-state index is 12.2. The van der Waals surface area contributed by atoms with E-state index in [0.717, 1.165) is 6.07 Å². The molecule has 0 aliphatic rings. The van der Waals surface area contributed by atoms with Gasteiger partial charge < -0.3 is 10.4 Å². The fourth-order valence-electron chi connectivity index (χ4n) is 1.90. The van der Waals surface area contributed by atoms with Crippen LogP contribution in [0, 0.1) is 17.0 Å². The summed E-state index contributed by atoms with van der Waals surface area (Å²) in [6.07, 6.45) is 0. The van der Waals surface area contributed by atoms with Gasteiger partial charge in [0.05, 0.1) is 21.2 Å². The molecule has 2 rings (SSSR count). The van der Waals surface area contributed by atoms with Crippen LogP contribution in [0.5, 0.6) is 0 Å². The average molecular weight is 335 g/mol. The third kappa shape index (κ3) is 3.64. The molecule has 0 heterocycles. The quantitative estimate of drug-likeness (QED) is 0.656. The Morgan fingerprint density at radius 3 is 2.43 bits per heavy atom. The number of aromatic carboxylic acids is 1. The number of carbonyl (C=O) groups is 2. The number of rotatable bonds is 4. The Morgan fingerprint density at radius 2 is 1.83 bits per heavy atom. The Labute approximate surface area is 135 Å². The SMILES string of the molecule is Cc1ccc(C(=O)Nc2cc(C(=O)O)ccc2Cl)cc1[N+](=O)[O-]. The van der Waals surface area contributed by atoms with Gasteiger partial charge in [-0.25, -0.2) is 4.79 Å². The number of halogens is 1. The highest BCUT2D eigenvalue weighted by Crippen LogP contribution is 2.25. The van der Waals surface area contributed by atoms with E-state index in [-0.39, 0.29) is 27.5 Å². The largest absolute Gasteiger partial charge is 0.478 e. The summed E-state index contributed by atoms with van der Waals surface area (Å²) >= 11 is 5.92. The summed E-state index contributed by atoms with van der Waals surface area (Å²) in [6.45, 7) is 1.56. The summed E-state index contributed by atoms with van der Waals surface area (Å²) in [5, 5.41) is 22.5. The smallest absolute Gasteiger partial charge is 0.335 e. The molecule has 2 aromatic carbocycles. The zero-order valence-electron chi connectivity index (χ0n) is 11.9. The summed E-state index contributed by atoms with van der Waals surface area (Å²) in [5.74, 6) is -1.79. The number of hydrogen-bond donors (Lipinski definition) is 2. The van der Waals surface area contributed by atoms with Crippen LogP contribution >= 0.6 is 11.6 Å². The number of benzene rings is 2. The normalized spacial score (nSPS) is 10.2. The number of amides is 1. The van der Waals surface area contributed by atoms with Gasteiger partial charge in [0.25, 0.3) is 11.6 Å². The Hall–Kier alpha value is -2.93. The minimum atomic E-state index is -1.16. The van der Waals surface area contributed by atoms with Gasteiger partial charge in [-0.3, -0.25) is 14.9 Å². The van der Waals surface area contributed by atoms with E-state index < -0.39 is 16.8 Å². The standard InChI is InChI=1S/C15H11ClN2O5/c1-8-2-3-9(7-13(8)18(22)23)14(19)17-12-6-10(15(20)21)4-5-11(12)16/h2-7H,1H3,(H,17,19)(H,20,21). The molecule has 0 bridgehead atoms. The van der Waals surface area contributed by atoms with Crippen molar-refractivity contribution in [3.8, 4) is 0 Å². The number of nitrogens with zero attached hydrogens (tertiary/aromatic N) is 1. The molecule has 0 aliphatic carbocycles. The second-order valence-corrected chi connectivity index (χ2v) is 5.12. The summed E-state index contributed by atoms with van der Waals surface area (Å²) in [5.41, 5.74) is 0.388. The second-order valence-electron chi connectivity index (χ2n) is 4.71. The maximum absolute atomic E-state index is 12.2. The van der Waals surface area contributed by atoms with Gasteiger partial charge in [0, 0.05) is 17.2 Å². The van der Waals surface area contributed by atoms with Gasteiger partial charge in [-0.1, -0.05) is 17.7 Å². The number of carboxylic acids is 1. The lowest BCUT2D eigenvalue weighted by Gasteiger charge is -2.08. The number of hydrogen-bond acceptors (Lipinski definition) is 4. The second kappa shape index (κ2) is 6.45. The van der Waals surface area contributed by atoms with Crippen LogP contribution in [-0.4, -0.2) is 21.9 Å². The van der Waals surface area contributed by atoms with E-state index in [1.165, 1.54) is 30.3 Å². The predicted octanol–water partition coefficient (Wildman–Crippen LogP) is 3.51. The fraction of sp³-hybridized carbons (Fsp3) is 0.0667. The Bertz CT molecular complexity index is 820. The van der Waals surface area contributed by atoms with Crippen molar-refractivity contribution < 1.29 is 19.6 Å². The molecule has 0 radical (unpaired) electrons. The highest BCUT2D eigenvalue weighted by molar-refractivity contribution is 6.34. The van der Waals surface area contributed by atoms with Gasteiger partial charge in [0.1, 0.15) is 0 Å². The van der Waals surface area contributed by atoms with Crippen LogP contribution in [-0.2, 0) is 0 Å². The number of nitro benzene ring substituents is 1. The molecule has 0 unspecified atom stereocenters. The first-order chi connectivity index (χ1) is 10.8. The van der Waals surface area contributed by atoms with Crippen LogP contribution < -0.4 is 5.32 Å². The molecule has 118 valence electrons. The fourth-order valence-corrected chi connectivity index (χ4v) is 2.06. The zero-order chi connectivity index (χ0) is 17.1. The number of anilines is 1. The lowest BCUT2D eigenvalue weighted by atomic mass is 10.1. The number of nitrogens with one attached hydrogen (secondary N) is 1. The van der Waals surface area contributed by atoms with Crippen LogP contribution in [0.15, 0.2) is 36.4 Å². The van der Waals surface area contributed by atoms with E-state index in [4.69, 9.17) is 16.7 Å². The van der Waals surface area contributed by atoms with Crippen molar-refractivity contribution >= 4 is 34.9 Å². The first-order valence-corrected chi connectivity index (χ1v) is 6.76. The molecule has 0 aromatic heterocycles. The predicted molar refractivity (Wildman–Crippen MR) is 84.2 cm³/mol. The van der Waals surface area contributed by atoms with E-state index in [0.29, 0.717) is 5.56 Å². The van der Waals surface area contributed by atoms with Crippen LogP contribution in [0.1, 0.15) is 26.3 Å². The summed E-state index contributed by atoms with van der Waals surface area (Å²) in [4.78, 5) is 33.5. The number of aryl methyl sites for hydroxylation is 1. The van der Waals surface area contributed by atoms with Crippen LogP contribution in [0.25, 0.3) is 0 Å². The van der Waals surface area contributed by atoms with Crippen molar-refractivity contribution in [2.75, 3.05) is 5.32 Å². The number of carbonyl (C=O) groups excluding carboxylic acids is 1. The van der Waals surface area contributed by atoms with Gasteiger partial charge >= 0.3 is 5.97 Å². The molecule has 0 spiro atoms. The number of carboxylic acid groups (broad SMARTS) is 1. The lowest BCUT2D eigenvalue weighted by molar-refractivity contribution is -0.385. The van der Waals surface area contributed by atoms with Gasteiger partial charge in [-0.2, -0.15) is 0 Å². The topological polar surface area (TPSA) is 110 Å². The highest BCUT2D eigenvalue weighted by atomic mass is 35.5.